The van der Waals surface area contributed by atoms with Crippen LogP contribution in [-0.2, 0) is 0 Å². The summed E-state index contributed by atoms with van der Waals surface area (Å²) < 4.78 is 0. The Balaban J connectivity index is 2.31. The second-order valence-corrected chi connectivity index (χ2v) is 5.50. The average Bonchev–Trinajstić information content (AvgIpc) is 2.61. The summed E-state index contributed by atoms with van der Waals surface area (Å²) in [4.78, 5) is 4.91. The van der Waals surface area contributed by atoms with Gasteiger partial charge in [0.25, 0.3) is 0 Å². The third-order valence-corrected chi connectivity index (χ3v) is 3.57. The Hall–Kier alpha value is -0.120. The van der Waals surface area contributed by atoms with Crippen molar-refractivity contribution in [3.05, 3.63) is 0 Å². The third-order valence-electron chi connectivity index (χ3n) is 3.57. The van der Waals surface area contributed by atoms with E-state index in [0.29, 0.717) is 0 Å². The molecule has 96 valence electrons. The molecule has 1 fully saturated rings. The fourth-order valence-corrected chi connectivity index (χ4v) is 2.39. The Morgan fingerprint density at radius 3 is 2.38 bits per heavy atom. The van der Waals surface area contributed by atoms with Gasteiger partial charge in [-0.1, -0.05) is 13.8 Å². The molecule has 0 bridgehead atoms. The van der Waals surface area contributed by atoms with E-state index < -0.39 is 0 Å². The van der Waals surface area contributed by atoms with Crippen LogP contribution in [0, 0.1) is 11.8 Å². The van der Waals surface area contributed by atoms with Gasteiger partial charge >= 0.3 is 0 Å². The Morgan fingerprint density at radius 1 is 1.12 bits per heavy atom. The van der Waals surface area contributed by atoms with Crippen LogP contribution in [-0.4, -0.2) is 63.2 Å². The summed E-state index contributed by atoms with van der Waals surface area (Å²) in [6.45, 7) is 12.0. The molecule has 0 aliphatic carbocycles. The lowest BCUT2D eigenvalue weighted by atomic mass is 9.97. The predicted octanol–water partition coefficient (Wildman–Crippen LogP) is 1.12. The van der Waals surface area contributed by atoms with Crippen molar-refractivity contribution in [3.63, 3.8) is 0 Å². The molecule has 0 aromatic rings. The molecule has 3 nitrogen and oxygen atoms in total. The number of rotatable bonds is 7. The predicted molar refractivity (Wildman–Crippen MR) is 70.8 cm³/mol. The molecular weight excluding hydrogens is 198 g/mol. The largest absolute Gasteiger partial charge is 0.316 e. The zero-order valence-electron chi connectivity index (χ0n) is 11.5. The first kappa shape index (κ1) is 13.9. The zero-order chi connectivity index (χ0) is 12.0. The molecular formula is C13H29N3. The van der Waals surface area contributed by atoms with Gasteiger partial charge in [-0.05, 0) is 52.0 Å². The van der Waals surface area contributed by atoms with Crippen molar-refractivity contribution in [2.24, 2.45) is 11.8 Å². The molecule has 1 aliphatic heterocycles. The van der Waals surface area contributed by atoms with E-state index in [9.17, 15) is 0 Å². The van der Waals surface area contributed by atoms with Crippen molar-refractivity contribution >= 4 is 0 Å². The number of nitrogens with zero attached hydrogens (tertiary/aromatic N) is 2. The Morgan fingerprint density at radius 2 is 1.88 bits per heavy atom. The van der Waals surface area contributed by atoms with Crippen LogP contribution in [0.2, 0.25) is 0 Å². The molecule has 0 amide bonds. The van der Waals surface area contributed by atoms with Crippen LogP contribution in [0.1, 0.15) is 20.3 Å². The number of hydrogen-bond acceptors (Lipinski definition) is 3. The summed E-state index contributed by atoms with van der Waals surface area (Å²) in [7, 11) is 4.31. The molecule has 0 aromatic heterocycles. The Labute approximate surface area is 101 Å². The molecule has 0 unspecified atom stereocenters. The first-order chi connectivity index (χ1) is 7.63. The van der Waals surface area contributed by atoms with Gasteiger partial charge in [-0.15, -0.1) is 0 Å². The summed E-state index contributed by atoms with van der Waals surface area (Å²) in [5, 5.41) is 3.50. The lowest BCUT2D eigenvalue weighted by Gasteiger charge is -2.27. The van der Waals surface area contributed by atoms with Crippen molar-refractivity contribution in [1.82, 2.24) is 15.1 Å². The normalized spacial score (nSPS) is 25.9. The monoisotopic (exact) mass is 227 g/mol. The van der Waals surface area contributed by atoms with E-state index in [1.807, 2.05) is 0 Å². The first-order valence-electron chi connectivity index (χ1n) is 6.71. The first-order valence-corrected chi connectivity index (χ1v) is 6.71. The minimum atomic E-state index is 0.846. The second-order valence-electron chi connectivity index (χ2n) is 5.50. The number of nitrogens with one attached hydrogen (secondary N) is 1. The maximum absolute atomic E-state index is 3.50. The summed E-state index contributed by atoms with van der Waals surface area (Å²) in [6, 6.07) is 0. The van der Waals surface area contributed by atoms with E-state index in [-0.39, 0.29) is 0 Å². The quantitative estimate of drug-likeness (QED) is 0.703. The van der Waals surface area contributed by atoms with Crippen molar-refractivity contribution in [2.45, 2.75) is 20.3 Å². The van der Waals surface area contributed by atoms with Gasteiger partial charge in [0.05, 0.1) is 0 Å². The smallest absolute Gasteiger partial charge is 0.0109 e. The molecule has 1 aliphatic rings. The molecule has 0 saturated carbocycles. The lowest BCUT2D eigenvalue weighted by molar-refractivity contribution is 0.199. The maximum Gasteiger partial charge on any atom is 0.0109 e. The fourth-order valence-electron chi connectivity index (χ4n) is 2.39. The number of hydrogen-bond donors (Lipinski definition) is 1. The highest BCUT2D eigenvalue weighted by Crippen LogP contribution is 2.17. The topological polar surface area (TPSA) is 18.5 Å². The third kappa shape index (κ3) is 4.81. The van der Waals surface area contributed by atoms with Gasteiger partial charge in [0.15, 0.2) is 0 Å². The summed E-state index contributed by atoms with van der Waals surface area (Å²) >= 11 is 0. The van der Waals surface area contributed by atoms with Crippen molar-refractivity contribution in [1.29, 1.82) is 0 Å². The molecule has 1 rings (SSSR count). The lowest BCUT2D eigenvalue weighted by Crippen LogP contribution is -2.37. The minimum Gasteiger partial charge on any atom is -0.316 e. The standard InChI is InChI=1S/C13H29N3/c1-5-6-16(8-7-15(3)4)11-13-10-14-9-12(13)2/h12-14H,5-11H2,1-4H3/t12-,13+/m1/s1. The molecule has 0 radical (unpaired) electrons. The van der Waals surface area contributed by atoms with Gasteiger partial charge in [0.2, 0.25) is 0 Å². The number of likely N-dealkylation sites (N-methyl/N-ethyl adjacent to an activating group) is 1. The molecule has 3 heteroatoms. The Kier molecular flexibility index (Phi) is 6.32. The highest BCUT2D eigenvalue weighted by Gasteiger charge is 2.24. The van der Waals surface area contributed by atoms with Crippen LogP contribution >= 0.6 is 0 Å². The van der Waals surface area contributed by atoms with E-state index in [0.717, 1.165) is 11.8 Å². The van der Waals surface area contributed by atoms with Crippen molar-refractivity contribution in [3.8, 4) is 0 Å². The van der Waals surface area contributed by atoms with Crippen LogP contribution in [0.5, 0.6) is 0 Å². The highest BCUT2D eigenvalue weighted by atomic mass is 15.2. The van der Waals surface area contributed by atoms with E-state index in [1.165, 1.54) is 45.7 Å². The molecule has 2 atom stereocenters. The fraction of sp³-hybridized carbons (Fsp3) is 1.00. The van der Waals surface area contributed by atoms with Crippen molar-refractivity contribution in [2.75, 3.05) is 53.4 Å². The minimum absolute atomic E-state index is 0.846. The van der Waals surface area contributed by atoms with Crippen LogP contribution in [0.25, 0.3) is 0 Å². The van der Waals surface area contributed by atoms with Gasteiger partial charge < -0.3 is 15.1 Å². The van der Waals surface area contributed by atoms with E-state index in [4.69, 9.17) is 0 Å². The molecule has 1 saturated heterocycles. The van der Waals surface area contributed by atoms with Gasteiger partial charge in [-0.25, -0.2) is 0 Å². The molecule has 16 heavy (non-hydrogen) atoms. The van der Waals surface area contributed by atoms with E-state index in [1.54, 1.807) is 0 Å². The second kappa shape index (κ2) is 7.25. The summed E-state index contributed by atoms with van der Waals surface area (Å²) in [5.41, 5.74) is 0. The van der Waals surface area contributed by atoms with Crippen LogP contribution in [0.3, 0.4) is 0 Å². The van der Waals surface area contributed by atoms with E-state index >= 15 is 0 Å². The SMILES string of the molecule is CCCN(CCN(C)C)C[C@@H]1CNC[C@H]1C. The van der Waals surface area contributed by atoms with Crippen LogP contribution in [0.15, 0.2) is 0 Å². The van der Waals surface area contributed by atoms with Crippen molar-refractivity contribution < 1.29 is 0 Å². The average molecular weight is 227 g/mol. The molecule has 1 heterocycles. The molecule has 0 spiro atoms. The van der Waals surface area contributed by atoms with Crippen LogP contribution < -0.4 is 5.32 Å². The maximum atomic E-state index is 3.50. The molecule has 1 N–H and O–H groups in total. The van der Waals surface area contributed by atoms with Crippen LogP contribution in [0.4, 0.5) is 0 Å². The van der Waals surface area contributed by atoms with Gasteiger partial charge in [0, 0.05) is 19.6 Å². The Bertz CT molecular complexity index is 182. The highest BCUT2D eigenvalue weighted by molar-refractivity contribution is 4.80. The summed E-state index contributed by atoms with van der Waals surface area (Å²) in [6.07, 6.45) is 1.27. The van der Waals surface area contributed by atoms with E-state index in [2.05, 4.69) is 43.1 Å². The van der Waals surface area contributed by atoms with Gasteiger partial charge in [-0.2, -0.15) is 0 Å². The summed E-state index contributed by atoms with van der Waals surface area (Å²) in [5.74, 6) is 1.70. The van der Waals surface area contributed by atoms with Gasteiger partial charge in [0.1, 0.15) is 0 Å². The molecule has 0 aromatic carbocycles. The zero-order valence-corrected chi connectivity index (χ0v) is 11.5. The van der Waals surface area contributed by atoms with Gasteiger partial charge in [-0.3, -0.25) is 0 Å².